The Labute approximate surface area is 131 Å². The average molecular weight is 318 g/mol. The largest absolute Gasteiger partial charge is 0.381 e. The van der Waals surface area contributed by atoms with Crippen LogP contribution in [-0.4, -0.2) is 67.0 Å². The Morgan fingerprint density at radius 1 is 1.29 bits per heavy atom. The molecule has 1 aliphatic carbocycles. The summed E-state index contributed by atoms with van der Waals surface area (Å²) in [6.07, 6.45) is 3.56. The van der Waals surface area contributed by atoms with E-state index in [4.69, 9.17) is 10.5 Å². The van der Waals surface area contributed by atoms with E-state index in [1.807, 2.05) is 4.90 Å². The number of nitrogens with two attached hydrogens (primary N) is 1. The lowest BCUT2D eigenvalue weighted by atomic mass is 9.78. The molecule has 2 N–H and O–H groups in total. The molecule has 0 radical (unpaired) electrons. The van der Waals surface area contributed by atoms with E-state index >= 15 is 0 Å². The SMILES string of the molecule is Cl.NCC1(C(=O)N2CCN(C3CC3)C(=O)C2)CCOCC1. The van der Waals surface area contributed by atoms with Crippen molar-refractivity contribution in [3.8, 4) is 0 Å². The number of rotatable bonds is 3. The maximum Gasteiger partial charge on any atom is 0.242 e. The molecule has 3 fully saturated rings. The highest BCUT2D eigenvalue weighted by Crippen LogP contribution is 2.33. The fourth-order valence-corrected chi connectivity index (χ4v) is 3.23. The average Bonchev–Trinajstić information content (AvgIpc) is 3.31. The zero-order valence-electron chi connectivity index (χ0n) is 12.3. The summed E-state index contributed by atoms with van der Waals surface area (Å²) < 4.78 is 5.34. The number of hydrogen-bond donors (Lipinski definition) is 1. The minimum absolute atomic E-state index is 0. The molecule has 0 aromatic rings. The normalized spacial score (nSPS) is 25.5. The molecule has 2 aliphatic heterocycles. The Morgan fingerprint density at radius 2 is 1.95 bits per heavy atom. The van der Waals surface area contributed by atoms with Gasteiger partial charge in [-0.3, -0.25) is 9.59 Å². The first kappa shape index (κ1) is 16.5. The van der Waals surface area contributed by atoms with Crippen LogP contribution in [0.4, 0.5) is 0 Å². The van der Waals surface area contributed by atoms with Crippen LogP contribution >= 0.6 is 12.4 Å². The van der Waals surface area contributed by atoms with Crippen molar-refractivity contribution in [2.75, 3.05) is 39.4 Å². The van der Waals surface area contributed by atoms with Crippen LogP contribution in [0.5, 0.6) is 0 Å². The molecule has 1 saturated carbocycles. The summed E-state index contributed by atoms with van der Waals surface area (Å²) in [6, 6.07) is 0.436. The molecule has 0 aromatic carbocycles. The molecule has 2 heterocycles. The Balaban J connectivity index is 0.00000161. The maximum atomic E-state index is 12.8. The maximum absolute atomic E-state index is 12.8. The Kier molecular flexibility index (Phi) is 5.11. The fraction of sp³-hybridized carbons (Fsp3) is 0.857. The number of amides is 2. The van der Waals surface area contributed by atoms with Gasteiger partial charge in [0.2, 0.25) is 11.8 Å². The van der Waals surface area contributed by atoms with Crippen molar-refractivity contribution >= 4 is 24.2 Å². The summed E-state index contributed by atoms with van der Waals surface area (Å²) in [5, 5.41) is 0. The topological polar surface area (TPSA) is 75.9 Å². The second kappa shape index (κ2) is 6.50. The zero-order valence-corrected chi connectivity index (χ0v) is 13.1. The van der Waals surface area contributed by atoms with E-state index < -0.39 is 5.41 Å². The molecule has 2 saturated heterocycles. The van der Waals surface area contributed by atoms with Gasteiger partial charge in [-0.25, -0.2) is 0 Å². The molecule has 2 amide bonds. The first-order valence-corrected chi connectivity index (χ1v) is 7.53. The van der Waals surface area contributed by atoms with Crippen LogP contribution in [0.25, 0.3) is 0 Å². The van der Waals surface area contributed by atoms with Crippen LogP contribution in [0.2, 0.25) is 0 Å². The van der Waals surface area contributed by atoms with Gasteiger partial charge in [-0.05, 0) is 25.7 Å². The van der Waals surface area contributed by atoms with Crippen LogP contribution in [0.3, 0.4) is 0 Å². The summed E-state index contributed by atoms with van der Waals surface area (Å²) in [5.41, 5.74) is 5.35. The van der Waals surface area contributed by atoms with E-state index in [1.165, 1.54) is 0 Å². The van der Waals surface area contributed by atoms with Crippen molar-refractivity contribution in [2.24, 2.45) is 11.1 Å². The molecular formula is C14H24ClN3O3. The van der Waals surface area contributed by atoms with Gasteiger partial charge in [-0.1, -0.05) is 0 Å². The number of ether oxygens (including phenoxy) is 1. The van der Waals surface area contributed by atoms with Gasteiger partial charge >= 0.3 is 0 Å². The quantitative estimate of drug-likeness (QED) is 0.795. The van der Waals surface area contributed by atoms with E-state index in [-0.39, 0.29) is 30.8 Å². The van der Waals surface area contributed by atoms with Gasteiger partial charge in [0.15, 0.2) is 0 Å². The lowest BCUT2D eigenvalue weighted by Crippen LogP contribution is -2.58. The molecule has 3 aliphatic rings. The van der Waals surface area contributed by atoms with Crippen LogP contribution < -0.4 is 5.73 Å². The Hall–Kier alpha value is -0.850. The van der Waals surface area contributed by atoms with Crippen molar-refractivity contribution in [2.45, 2.75) is 31.7 Å². The molecule has 6 nitrogen and oxygen atoms in total. The van der Waals surface area contributed by atoms with Crippen LogP contribution in [0, 0.1) is 5.41 Å². The second-order valence-corrected chi connectivity index (χ2v) is 6.14. The lowest BCUT2D eigenvalue weighted by Gasteiger charge is -2.42. The van der Waals surface area contributed by atoms with Gasteiger partial charge in [0.25, 0.3) is 0 Å². The van der Waals surface area contributed by atoms with Gasteiger partial charge in [0, 0.05) is 38.9 Å². The monoisotopic (exact) mass is 317 g/mol. The predicted molar refractivity (Wildman–Crippen MR) is 80.1 cm³/mol. The van der Waals surface area contributed by atoms with Crippen LogP contribution in [0.1, 0.15) is 25.7 Å². The summed E-state index contributed by atoms with van der Waals surface area (Å²) in [4.78, 5) is 28.5. The molecule has 0 aromatic heterocycles. The number of halogens is 1. The smallest absolute Gasteiger partial charge is 0.242 e. The number of nitrogens with zero attached hydrogens (tertiary/aromatic N) is 2. The molecule has 0 spiro atoms. The highest BCUT2D eigenvalue weighted by molar-refractivity contribution is 5.89. The van der Waals surface area contributed by atoms with Gasteiger partial charge in [0.05, 0.1) is 12.0 Å². The van der Waals surface area contributed by atoms with E-state index in [0.717, 1.165) is 12.8 Å². The van der Waals surface area contributed by atoms with Crippen molar-refractivity contribution in [1.29, 1.82) is 0 Å². The van der Waals surface area contributed by atoms with Gasteiger partial charge in [-0.2, -0.15) is 0 Å². The first-order valence-electron chi connectivity index (χ1n) is 7.53. The van der Waals surface area contributed by atoms with E-state index in [0.29, 0.717) is 51.7 Å². The van der Waals surface area contributed by atoms with Crippen LogP contribution in [0.15, 0.2) is 0 Å². The Bertz CT molecular complexity index is 408. The molecule has 7 heteroatoms. The number of hydrogen-bond acceptors (Lipinski definition) is 4. The zero-order chi connectivity index (χ0) is 14.2. The van der Waals surface area contributed by atoms with Crippen molar-refractivity contribution in [1.82, 2.24) is 9.80 Å². The summed E-state index contributed by atoms with van der Waals surface area (Å²) in [7, 11) is 0. The van der Waals surface area contributed by atoms with Crippen LogP contribution in [-0.2, 0) is 14.3 Å². The van der Waals surface area contributed by atoms with Crippen molar-refractivity contribution < 1.29 is 14.3 Å². The molecule has 0 atom stereocenters. The second-order valence-electron chi connectivity index (χ2n) is 6.14. The molecule has 120 valence electrons. The number of carbonyl (C=O) groups is 2. The summed E-state index contributed by atoms with van der Waals surface area (Å²) >= 11 is 0. The highest BCUT2D eigenvalue weighted by Gasteiger charge is 2.44. The van der Waals surface area contributed by atoms with Crippen molar-refractivity contribution in [3.63, 3.8) is 0 Å². The fourth-order valence-electron chi connectivity index (χ4n) is 3.23. The van der Waals surface area contributed by atoms with Gasteiger partial charge in [-0.15, -0.1) is 12.4 Å². The summed E-state index contributed by atoms with van der Waals surface area (Å²) in [5.74, 6) is 0.137. The molecular weight excluding hydrogens is 294 g/mol. The third-order valence-corrected chi connectivity index (χ3v) is 4.83. The van der Waals surface area contributed by atoms with E-state index in [2.05, 4.69) is 0 Å². The number of piperazine rings is 1. The minimum Gasteiger partial charge on any atom is -0.381 e. The highest BCUT2D eigenvalue weighted by atomic mass is 35.5. The third-order valence-electron chi connectivity index (χ3n) is 4.83. The minimum atomic E-state index is -0.514. The van der Waals surface area contributed by atoms with E-state index in [1.54, 1.807) is 4.90 Å². The molecule has 3 rings (SSSR count). The Morgan fingerprint density at radius 3 is 2.48 bits per heavy atom. The lowest BCUT2D eigenvalue weighted by molar-refractivity contribution is -0.155. The van der Waals surface area contributed by atoms with Gasteiger partial charge < -0.3 is 20.3 Å². The molecule has 0 bridgehead atoms. The molecule has 0 unspecified atom stereocenters. The molecule has 21 heavy (non-hydrogen) atoms. The van der Waals surface area contributed by atoms with Crippen molar-refractivity contribution in [3.05, 3.63) is 0 Å². The third kappa shape index (κ3) is 3.17. The van der Waals surface area contributed by atoms with Gasteiger partial charge in [0.1, 0.15) is 0 Å². The first-order chi connectivity index (χ1) is 9.66. The predicted octanol–water partition coefficient (Wildman–Crippen LogP) is -0.00310. The summed E-state index contributed by atoms with van der Waals surface area (Å²) in [6.45, 7) is 3.04. The number of carbonyl (C=O) groups excluding carboxylic acids is 2. The standard InChI is InChI=1S/C14H23N3O3.ClH/c15-10-14(3-7-20-8-4-14)13(19)16-5-6-17(11-1-2-11)12(18)9-16;/h11H,1-10,15H2;1H. The van der Waals surface area contributed by atoms with E-state index in [9.17, 15) is 9.59 Å².